The predicted octanol–water partition coefficient (Wildman–Crippen LogP) is 2.70. The van der Waals surface area contributed by atoms with E-state index in [1.807, 2.05) is 4.90 Å². The Kier molecular flexibility index (Phi) is 4.76. The molecule has 98 valence electrons. The van der Waals surface area contributed by atoms with Gasteiger partial charge in [-0.1, -0.05) is 25.5 Å². The molecule has 0 bridgehead atoms. The molecule has 1 aromatic carbocycles. The third kappa shape index (κ3) is 3.33. The van der Waals surface area contributed by atoms with E-state index < -0.39 is 0 Å². The van der Waals surface area contributed by atoms with E-state index in [4.69, 9.17) is 0 Å². The van der Waals surface area contributed by atoms with Crippen molar-refractivity contribution in [2.45, 2.75) is 39.2 Å². The van der Waals surface area contributed by atoms with E-state index in [0.717, 1.165) is 31.7 Å². The highest BCUT2D eigenvalue weighted by atomic mass is 16.2. The summed E-state index contributed by atoms with van der Waals surface area (Å²) >= 11 is 0. The second-order valence-corrected chi connectivity index (χ2v) is 4.85. The summed E-state index contributed by atoms with van der Waals surface area (Å²) in [6.07, 6.45) is 4.13. The zero-order valence-corrected chi connectivity index (χ0v) is 11.1. The van der Waals surface area contributed by atoms with Gasteiger partial charge in [0.05, 0.1) is 0 Å². The maximum atomic E-state index is 11.6. The average Bonchev–Trinajstić information content (AvgIpc) is 2.82. The quantitative estimate of drug-likeness (QED) is 0.783. The zero-order chi connectivity index (χ0) is 12.8. The van der Waals surface area contributed by atoms with Gasteiger partial charge < -0.3 is 10.2 Å². The number of hydrogen-bond donors (Lipinski definition) is 1. The third-order valence-corrected chi connectivity index (χ3v) is 3.36. The number of carbonyl (C=O) groups is 1. The van der Waals surface area contributed by atoms with Gasteiger partial charge in [0.1, 0.15) is 0 Å². The highest BCUT2D eigenvalue weighted by molar-refractivity contribution is 5.95. The molecule has 0 saturated carbocycles. The second kappa shape index (κ2) is 6.55. The fourth-order valence-corrected chi connectivity index (χ4v) is 2.25. The Morgan fingerprint density at radius 2 is 2.06 bits per heavy atom. The van der Waals surface area contributed by atoms with Crippen molar-refractivity contribution in [2.24, 2.45) is 0 Å². The van der Waals surface area contributed by atoms with Gasteiger partial charge in [0.2, 0.25) is 5.91 Å². The molecule has 3 nitrogen and oxygen atoms in total. The van der Waals surface area contributed by atoms with E-state index in [0.29, 0.717) is 6.42 Å². The van der Waals surface area contributed by atoms with E-state index >= 15 is 0 Å². The fourth-order valence-electron chi connectivity index (χ4n) is 2.25. The summed E-state index contributed by atoms with van der Waals surface area (Å²) < 4.78 is 0. The molecule has 0 atom stereocenters. The van der Waals surface area contributed by atoms with Crippen LogP contribution >= 0.6 is 0 Å². The van der Waals surface area contributed by atoms with Crippen molar-refractivity contribution < 1.29 is 4.79 Å². The molecule has 0 unspecified atom stereocenters. The van der Waals surface area contributed by atoms with Crippen molar-refractivity contribution >= 4 is 11.6 Å². The molecule has 0 aromatic heterocycles. The largest absolute Gasteiger partial charge is 0.313 e. The van der Waals surface area contributed by atoms with Crippen LogP contribution in [0.3, 0.4) is 0 Å². The minimum Gasteiger partial charge on any atom is -0.313 e. The molecule has 1 fully saturated rings. The van der Waals surface area contributed by atoms with Crippen LogP contribution in [0, 0.1) is 0 Å². The van der Waals surface area contributed by atoms with Gasteiger partial charge in [-0.3, -0.25) is 4.79 Å². The van der Waals surface area contributed by atoms with Crippen LogP contribution in [0.1, 0.15) is 38.2 Å². The molecular weight excluding hydrogens is 224 g/mol. The maximum absolute atomic E-state index is 11.6. The Morgan fingerprint density at radius 1 is 1.28 bits per heavy atom. The van der Waals surface area contributed by atoms with Crippen LogP contribution in [-0.2, 0) is 11.3 Å². The number of nitrogens with zero attached hydrogens (tertiary/aromatic N) is 1. The van der Waals surface area contributed by atoms with Crippen LogP contribution < -0.4 is 10.2 Å². The van der Waals surface area contributed by atoms with Crippen LogP contribution in [-0.4, -0.2) is 19.0 Å². The van der Waals surface area contributed by atoms with Gasteiger partial charge in [-0.2, -0.15) is 0 Å². The average molecular weight is 246 g/mol. The summed E-state index contributed by atoms with van der Waals surface area (Å²) in [6.45, 7) is 5.05. The summed E-state index contributed by atoms with van der Waals surface area (Å²) in [5, 5.41) is 3.42. The third-order valence-electron chi connectivity index (χ3n) is 3.36. The minimum absolute atomic E-state index is 0.254. The number of benzene rings is 1. The molecule has 1 aliphatic rings. The summed E-state index contributed by atoms with van der Waals surface area (Å²) in [5.74, 6) is 0.254. The minimum atomic E-state index is 0.254. The van der Waals surface area contributed by atoms with Crippen molar-refractivity contribution in [3.8, 4) is 0 Å². The van der Waals surface area contributed by atoms with Gasteiger partial charge >= 0.3 is 0 Å². The number of nitrogens with one attached hydrogen (secondary N) is 1. The van der Waals surface area contributed by atoms with Crippen molar-refractivity contribution in [3.05, 3.63) is 29.8 Å². The number of anilines is 1. The summed E-state index contributed by atoms with van der Waals surface area (Å²) in [7, 11) is 0. The number of rotatable bonds is 6. The number of carbonyl (C=O) groups excluding carboxylic acids is 1. The van der Waals surface area contributed by atoms with Crippen molar-refractivity contribution in [2.75, 3.05) is 18.0 Å². The van der Waals surface area contributed by atoms with Crippen molar-refractivity contribution in [1.82, 2.24) is 5.32 Å². The molecule has 18 heavy (non-hydrogen) atoms. The Bertz CT molecular complexity index is 386. The number of amides is 1. The van der Waals surface area contributed by atoms with Gasteiger partial charge in [-0.25, -0.2) is 0 Å². The Balaban J connectivity index is 1.87. The first-order valence-electron chi connectivity index (χ1n) is 6.91. The van der Waals surface area contributed by atoms with Gasteiger partial charge in [-0.05, 0) is 37.1 Å². The van der Waals surface area contributed by atoms with E-state index in [-0.39, 0.29) is 5.91 Å². The number of unbranched alkanes of at least 4 members (excludes halogenated alkanes) is 1. The van der Waals surface area contributed by atoms with Crippen molar-refractivity contribution in [3.63, 3.8) is 0 Å². The molecule has 1 heterocycles. The van der Waals surface area contributed by atoms with E-state index in [1.165, 1.54) is 18.4 Å². The lowest BCUT2D eigenvalue weighted by Gasteiger charge is -2.16. The molecule has 1 amide bonds. The predicted molar refractivity (Wildman–Crippen MR) is 74.6 cm³/mol. The second-order valence-electron chi connectivity index (χ2n) is 4.85. The normalized spacial score (nSPS) is 15.4. The van der Waals surface area contributed by atoms with Gasteiger partial charge in [-0.15, -0.1) is 0 Å². The van der Waals surface area contributed by atoms with Gasteiger partial charge in [0.15, 0.2) is 0 Å². The molecule has 0 spiro atoms. The zero-order valence-electron chi connectivity index (χ0n) is 11.1. The molecule has 1 saturated heterocycles. The lowest BCUT2D eigenvalue weighted by Crippen LogP contribution is -2.23. The first-order chi connectivity index (χ1) is 8.81. The highest BCUT2D eigenvalue weighted by Gasteiger charge is 2.21. The Hall–Kier alpha value is -1.35. The molecule has 1 N–H and O–H groups in total. The summed E-state index contributed by atoms with van der Waals surface area (Å²) in [4.78, 5) is 13.5. The first kappa shape index (κ1) is 13.1. The molecule has 1 aliphatic heterocycles. The SMILES string of the molecule is CCCCNCc1ccc(N2CCCC2=O)cc1. The van der Waals surface area contributed by atoms with Gasteiger partial charge in [0.25, 0.3) is 0 Å². The van der Waals surface area contributed by atoms with E-state index in [2.05, 4.69) is 36.5 Å². The van der Waals surface area contributed by atoms with Crippen LogP contribution in [0.15, 0.2) is 24.3 Å². The molecule has 3 heteroatoms. The molecule has 0 radical (unpaired) electrons. The topological polar surface area (TPSA) is 32.3 Å². The smallest absolute Gasteiger partial charge is 0.227 e. The highest BCUT2D eigenvalue weighted by Crippen LogP contribution is 2.21. The lowest BCUT2D eigenvalue weighted by atomic mass is 10.2. The summed E-state index contributed by atoms with van der Waals surface area (Å²) in [5.41, 5.74) is 2.32. The molecule has 2 rings (SSSR count). The maximum Gasteiger partial charge on any atom is 0.227 e. The Morgan fingerprint density at radius 3 is 2.67 bits per heavy atom. The lowest BCUT2D eigenvalue weighted by molar-refractivity contribution is -0.117. The van der Waals surface area contributed by atoms with Crippen LogP contribution in [0.5, 0.6) is 0 Å². The first-order valence-corrected chi connectivity index (χ1v) is 6.91. The molecule has 1 aromatic rings. The molecule has 0 aliphatic carbocycles. The standard InChI is InChI=1S/C15H22N2O/c1-2-3-10-16-12-13-6-8-14(9-7-13)17-11-4-5-15(17)18/h6-9,16H,2-5,10-12H2,1H3. The van der Waals surface area contributed by atoms with E-state index in [9.17, 15) is 4.79 Å². The number of hydrogen-bond acceptors (Lipinski definition) is 2. The summed E-state index contributed by atoms with van der Waals surface area (Å²) in [6, 6.07) is 8.33. The Labute approximate surface area is 109 Å². The molecular formula is C15H22N2O. The van der Waals surface area contributed by atoms with Gasteiger partial charge in [0, 0.05) is 25.2 Å². The van der Waals surface area contributed by atoms with Crippen LogP contribution in [0.25, 0.3) is 0 Å². The monoisotopic (exact) mass is 246 g/mol. The van der Waals surface area contributed by atoms with Crippen LogP contribution in [0.2, 0.25) is 0 Å². The fraction of sp³-hybridized carbons (Fsp3) is 0.533. The van der Waals surface area contributed by atoms with Crippen LogP contribution in [0.4, 0.5) is 5.69 Å². The van der Waals surface area contributed by atoms with Crippen molar-refractivity contribution in [1.29, 1.82) is 0 Å². The van der Waals surface area contributed by atoms with E-state index in [1.54, 1.807) is 0 Å².